The van der Waals surface area contributed by atoms with Gasteiger partial charge in [0.25, 0.3) is 0 Å². The number of hydrogen-bond donors (Lipinski definition) is 2. The number of anilines is 2. The van der Waals surface area contributed by atoms with Crippen molar-refractivity contribution in [1.82, 2.24) is 0 Å². The van der Waals surface area contributed by atoms with Crippen molar-refractivity contribution in [2.45, 2.75) is 147 Å². The van der Waals surface area contributed by atoms with Crippen LogP contribution in [0.2, 0.25) is 0 Å². The van der Waals surface area contributed by atoms with Crippen molar-refractivity contribution in [1.29, 1.82) is 0 Å². The molecule has 0 radical (unpaired) electrons. The van der Waals surface area contributed by atoms with E-state index in [1.54, 1.807) is 0 Å². The van der Waals surface area contributed by atoms with Crippen LogP contribution in [0, 0.1) is 17.8 Å². The Kier molecular flexibility index (Phi) is 12.8. The Hall–Kier alpha value is -1.96. The summed E-state index contributed by atoms with van der Waals surface area (Å²) in [6.07, 6.45) is 30.1. The molecule has 0 aliphatic heterocycles. The zero-order valence-electron chi connectivity index (χ0n) is 25.9. The van der Waals surface area contributed by atoms with E-state index in [2.05, 4.69) is 55.5 Å². The Morgan fingerprint density at radius 3 is 1.38 bits per heavy atom. The van der Waals surface area contributed by atoms with E-state index in [0.717, 1.165) is 29.1 Å². The van der Waals surface area contributed by atoms with Gasteiger partial charge in [0.05, 0.1) is 0 Å². The summed E-state index contributed by atoms with van der Waals surface area (Å²) in [7, 11) is 0. The number of benzene rings is 2. The molecule has 4 rings (SSSR count). The van der Waals surface area contributed by atoms with Gasteiger partial charge in [0.2, 0.25) is 0 Å². The van der Waals surface area contributed by atoms with E-state index in [1.165, 1.54) is 146 Å². The monoisotopic (exact) mass is 544 g/mol. The molecular weight excluding hydrogens is 484 g/mol. The van der Waals surface area contributed by atoms with E-state index in [-0.39, 0.29) is 5.41 Å². The highest BCUT2D eigenvalue weighted by atomic mass is 14.6. The van der Waals surface area contributed by atoms with Crippen molar-refractivity contribution in [3.8, 4) is 0 Å². The summed E-state index contributed by atoms with van der Waals surface area (Å²) in [6.45, 7) is 2.31. The molecule has 0 unspecified atom stereocenters. The van der Waals surface area contributed by atoms with Crippen LogP contribution in [0.1, 0.15) is 153 Å². The third kappa shape index (κ3) is 9.02. The van der Waals surface area contributed by atoms with Crippen LogP contribution in [-0.2, 0) is 5.41 Å². The number of rotatable bonds is 16. The van der Waals surface area contributed by atoms with E-state index < -0.39 is 0 Å². The summed E-state index contributed by atoms with van der Waals surface area (Å²) in [5.74, 6) is 2.86. The molecule has 0 heterocycles. The van der Waals surface area contributed by atoms with Gasteiger partial charge >= 0.3 is 0 Å². The lowest BCUT2D eigenvalue weighted by Gasteiger charge is -2.44. The second-order valence-electron chi connectivity index (χ2n) is 13.6. The number of hydrogen-bond acceptors (Lipinski definition) is 2. The molecule has 0 spiro atoms. The summed E-state index contributed by atoms with van der Waals surface area (Å²) in [6, 6.07) is 17.4. The zero-order chi connectivity index (χ0) is 28.0. The van der Waals surface area contributed by atoms with Gasteiger partial charge in [0, 0.05) is 16.8 Å². The van der Waals surface area contributed by atoms with Crippen molar-refractivity contribution >= 4 is 11.4 Å². The van der Waals surface area contributed by atoms with Crippen LogP contribution in [0.25, 0.3) is 0 Å². The molecule has 0 atom stereocenters. The van der Waals surface area contributed by atoms with Gasteiger partial charge in [0.1, 0.15) is 0 Å². The minimum Gasteiger partial charge on any atom is -0.399 e. The average Bonchev–Trinajstić information content (AvgIpc) is 2.99. The molecule has 222 valence electrons. The smallest absolute Gasteiger partial charge is 0.0314 e. The highest BCUT2D eigenvalue weighted by molar-refractivity contribution is 5.49. The summed E-state index contributed by atoms with van der Waals surface area (Å²) < 4.78 is 0. The lowest BCUT2D eigenvalue weighted by molar-refractivity contribution is 0.140. The maximum Gasteiger partial charge on any atom is 0.0314 e. The van der Waals surface area contributed by atoms with Crippen molar-refractivity contribution in [2.75, 3.05) is 11.5 Å². The van der Waals surface area contributed by atoms with Crippen molar-refractivity contribution in [2.24, 2.45) is 17.8 Å². The predicted molar refractivity (Wildman–Crippen MR) is 176 cm³/mol. The van der Waals surface area contributed by atoms with Crippen LogP contribution in [0.5, 0.6) is 0 Å². The Balaban J connectivity index is 1.14. The van der Waals surface area contributed by atoms with Crippen LogP contribution in [0.4, 0.5) is 11.4 Å². The van der Waals surface area contributed by atoms with Gasteiger partial charge in [-0.2, -0.15) is 0 Å². The molecule has 4 N–H and O–H groups in total. The first-order chi connectivity index (χ1) is 19.6. The number of nitrogen functional groups attached to an aromatic ring is 2. The minimum atomic E-state index is 0.101. The molecule has 2 heteroatoms. The summed E-state index contributed by atoms with van der Waals surface area (Å²) >= 11 is 0. The molecule has 0 saturated heterocycles. The predicted octanol–water partition coefficient (Wildman–Crippen LogP) is 11.2. The lowest BCUT2D eigenvalue weighted by atomic mass is 9.60. The quantitative estimate of drug-likeness (QED) is 0.163. The number of unbranched alkanes of at least 4 members (excludes halogenated alkanes) is 11. The van der Waals surface area contributed by atoms with Crippen LogP contribution >= 0.6 is 0 Å². The number of nitrogens with two attached hydrogens (primary N) is 2. The van der Waals surface area contributed by atoms with Crippen molar-refractivity contribution in [3.05, 3.63) is 59.7 Å². The fraction of sp³-hybridized carbons (Fsp3) is 0.684. The molecule has 2 aromatic rings. The van der Waals surface area contributed by atoms with Crippen molar-refractivity contribution < 1.29 is 0 Å². The minimum absolute atomic E-state index is 0.101. The molecule has 0 amide bonds. The first-order valence-electron chi connectivity index (χ1n) is 17.3. The van der Waals surface area contributed by atoms with Gasteiger partial charge < -0.3 is 11.5 Å². The molecular formula is C38H60N2. The highest BCUT2D eigenvalue weighted by Crippen LogP contribution is 2.50. The molecule has 0 aromatic heterocycles. The van der Waals surface area contributed by atoms with Crippen LogP contribution < -0.4 is 11.5 Å². The lowest BCUT2D eigenvalue weighted by Crippen LogP contribution is -2.36. The Labute approximate surface area is 247 Å². The fourth-order valence-electron chi connectivity index (χ4n) is 8.17. The summed E-state index contributed by atoms with van der Waals surface area (Å²) in [5, 5.41) is 0. The normalized spacial score (nSPS) is 21.4. The largest absolute Gasteiger partial charge is 0.399 e. The first kappa shape index (κ1) is 31.0. The fourth-order valence-corrected chi connectivity index (χ4v) is 8.17. The van der Waals surface area contributed by atoms with Crippen LogP contribution in [0.15, 0.2) is 48.5 Å². The van der Waals surface area contributed by atoms with Gasteiger partial charge in [-0.15, -0.1) is 0 Å². The summed E-state index contributed by atoms with van der Waals surface area (Å²) in [4.78, 5) is 0. The zero-order valence-corrected chi connectivity index (χ0v) is 25.9. The standard InChI is InChI=1S/C38H60N2/c1-2-3-4-5-6-7-8-9-10-11-12-13-14-31-15-17-32(18-16-31)33-27-29-38(30-28-33,34-19-23-36(39)24-20-34)35-21-25-37(40)26-22-35/h19-26,31-33H,2-18,27-30,39-40H2,1H3/t31-,32-. The molecule has 0 bridgehead atoms. The van der Waals surface area contributed by atoms with Crippen LogP contribution in [0.3, 0.4) is 0 Å². The topological polar surface area (TPSA) is 52.0 Å². The van der Waals surface area contributed by atoms with Gasteiger partial charge in [-0.3, -0.25) is 0 Å². The van der Waals surface area contributed by atoms with Crippen molar-refractivity contribution in [3.63, 3.8) is 0 Å². The second-order valence-corrected chi connectivity index (χ2v) is 13.6. The molecule has 2 fully saturated rings. The maximum atomic E-state index is 6.06. The third-order valence-corrected chi connectivity index (χ3v) is 10.8. The molecule has 2 aliphatic carbocycles. The molecule has 2 aliphatic rings. The van der Waals surface area contributed by atoms with Crippen LogP contribution in [-0.4, -0.2) is 0 Å². The maximum absolute atomic E-state index is 6.06. The Bertz CT molecular complexity index is 883. The Morgan fingerprint density at radius 1 is 0.525 bits per heavy atom. The second kappa shape index (κ2) is 16.5. The van der Waals surface area contributed by atoms with E-state index in [1.807, 2.05) is 0 Å². The SMILES string of the molecule is CCCCCCCCCCCCCC[C@H]1CC[C@H](C2CCC(c3ccc(N)cc3)(c3ccc(N)cc3)CC2)CC1. The van der Waals surface area contributed by atoms with E-state index >= 15 is 0 Å². The molecule has 2 aromatic carbocycles. The van der Waals surface area contributed by atoms with E-state index in [4.69, 9.17) is 11.5 Å². The average molecular weight is 545 g/mol. The molecule has 2 saturated carbocycles. The Morgan fingerprint density at radius 2 is 0.925 bits per heavy atom. The third-order valence-electron chi connectivity index (χ3n) is 10.8. The van der Waals surface area contributed by atoms with Gasteiger partial charge in [0.15, 0.2) is 0 Å². The van der Waals surface area contributed by atoms with E-state index in [9.17, 15) is 0 Å². The van der Waals surface area contributed by atoms with E-state index in [0.29, 0.717) is 0 Å². The van der Waals surface area contributed by atoms with Gasteiger partial charge in [-0.25, -0.2) is 0 Å². The van der Waals surface area contributed by atoms with Gasteiger partial charge in [-0.05, 0) is 91.7 Å². The highest BCUT2D eigenvalue weighted by Gasteiger charge is 2.40. The molecule has 40 heavy (non-hydrogen) atoms. The molecule has 2 nitrogen and oxygen atoms in total. The first-order valence-corrected chi connectivity index (χ1v) is 17.3. The summed E-state index contributed by atoms with van der Waals surface area (Å²) in [5.41, 5.74) is 16.8. The van der Waals surface area contributed by atoms with Gasteiger partial charge in [-0.1, -0.05) is 128 Å².